The third-order valence-corrected chi connectivity index (χ3v) is 6.19. The van der Waals surface area contributed by atoms with Crippen molar-refractivity contribution in [3.63, 3.8) is 0 Å². The fourth-order valence-electron chi connectivity index (χ4n) is 3.01. The van der Waals surface area contributed by atoms with Gasteiger partial charge in [0.2, 0.25) is 0 Å². The van der Waals surface area contributed by atoms with Crippen LogP contribution in [0.3, 0.4) is 0 Å². The van der Waals surface area contributed by atoms with Gasteiger partial charge in [0.15, 0.2) is 5.01 Å². The molecule has 0 aliphatic carbocycles. The summed E-state index contributed by atoms with van der Waals surface area (Å²) in [6.45, 7) is 7.23. The number of hydrogen-bond donors (Lipinski definition) is 0. The summed E-state index contributed by atoms with van der Waals surface area (Å²) < 4.78 is 5.83. The Bertz CT molecular complexity index is 893. The molecule has 7 heteroatoms. The van der Waals surface area contributed by atoms with Gasteiger partial charge in [0, 0.05) is 36.9 Å². The first-order valence-electron chi connectivity index (χ1n) is 8.47. The molecule has 0 N–H and O–H groups in total. The first-order chi connectivity index (χ1) is 12.1. The lowest BCUT2D eigenvalue weighted by Crippen LogP contribution is -2.49. The number of rotatable bonds is 3. The maximum atomic E-state index is 12.7. The zero-order valence-corrected chi connectivity index (χ0v) is 15.9. The summed E-state index contributed by atoms with van der Waals surface area (Å²) in [7, 11) is 0. The average molecular weight is 373 g/mol. The number of amides is 1. The Morgan fingerprint density at radius 3 is 2.64 bits per heavy atom. The van der Waals surface area contributed by atoms with Gasteiger partial charge in [-0.2, -0.15) is 4.37 Å². The fourth-order valence-corrected chi connectivity index (χ4v) is 4.75. The van der Waals surface area contributed by atoms with Crippen LogP contribution >= 0.6 is 22.9 Å². The van der Waals surface area contributed by atoms with Gasteiger partial charge >= 0.3 is 0 Å². The molecule has 1 aromatic carbocycles. The van der Waals surface area contributed by atoms with E-state index in [0.29, 0.717) is 24.0 Å². The van der Waals surface area contributed by atoms with Crippen LogP contribution in [0.2, 0.25) is 0 Å². The molecule has 0 spiro atoms. The van der Waals surface area contributed by atoms with Gasteiger partial charge in [-0.3, -0.25) is 4.79 Å². The summed E-state index contributed by atoms with van der Waals surface area (Å²) in [5.74, 6) is 1.45. The Hall–Kier alpha value is -1.99. The molecule has 1 aliphatic heterocycles. The zero-order chi connectivity index (χ0) is 17.4. The Balaban J connectivity index is 1.45. The van der Waals surface area contributed by atoms with E-state index in [4.69, 9.17) is 0 Å². The average Bonchev–Trinajstić information content (AvgIpc) is 3.29. The van der Waals surface area contributed by atoms with E-state index >= 15 is 0 Å². The van der Waals surface area contributed by atoms with Crippen molar-refractivity contribution in [2.45, 2.75) is 19.8 Å². The van der Waals surface area contributed by atoms with Crippen molar-refractivity contribution in [3.05, 3.63) is 40.3 Å². The van der Waals surface area contributed by atoms with Crippen molar-refractivity contribution >= 4 is 44.7 Å². The Morgan fingerprint density at radius 1 is 1.16 bits per heavy atom. The Kier molecular flexibility index (Phi) is 4.43. The molecule has 0 atom stereocenters. The molecule has 0 unspecified atom stereocenters. The van der Waals surface area contributed by atoms with Gasteiger partial charge in [0.1, 0.15) is 5.82 Å². The van der Waals surface area contributed by atoms with E-state index in [1.807, 2.05) is 16.3 Å². The molecule has 1 amide bonds. The van der Waals surface area contributed by atoms with Gasteiger partial charge in [-0.15, -0.1) is 11.3 Å². The summed E-state index contributed by atoms with van der Waals surface area (Å²) >= 11 is 2.99. The first kappa shape index (κ1) is 16.5. The molecule has 3 aromatic rings. The largest absolute Gasteiger partial charge is 0.352 e. The minimum atomic E-state index is 0.0553. The van der Waals surface area contributed by atoms with Crippen LogP contribution in [0.25, 0.3) is 10.1 Å². The molecule has 130 valence electrons. The van der Waals surface area contributed by atoms with Crippen LogP contribution in [-0.4, -0.2) is 46.3 Å². The van der Waals surface area contributed by atoms with E-state index in [1.54, 1.807) is 0 Å². The molecule has 0 bridgehead atoms. The van der Waals surface area contributed by atoms with Gasteiger partial charge in [-0.05, 0) is 29.6 Å². The van der Waals surface area contributed by atoms with Gasteiger partial charge in [-0.25, -0.2) is 4.98 Å². The molecule has 5 nitrogen and oxygen atoms in total. The van der Waals surface area contributed by atoms with Gasteiger partial charge < -0.3 is 9.80 Å². The van der Waals surface area contributed by atoms with Crippen LogP contribution in [0, 0.1) is 0 Å². The summed E-state index contributed by atoms with van der Waals surface area (Å²) in [4.78, 5) is 21.4. The normalized spacial score (nSPS) is 15.3. The van der Waals surface area contributed by atoms with E-state index in [-0.39, 0.29) is 5.91 Å². The molecule has 3 heterocycles. The molecule has 25 heavy (non-hydrogen) atoms. The molecule has 1 saturated heterocycles. The third kappa shape index (κ3) is 3.14. The van der Waals surface area contributed by atoms with Crippen molar-refractivity contribution < 1.29 is 4.79 Å². The predicted octanol–water partition coefficient (Wildman–Crippen LogP) is 3.84. The smallest absolute Gasteiger partial charge is 0.282 e. The fraction of sp³-hybridized carbons (Fsp3) is 0.389. The highest BCUT2D eigenvalue weighted by Gasteiger charge is 2.26. The van der Waals surface area contributed by atoms with Gasteiger partial charge in [-0.1, -0.05) is 26.0 Å². The molecule has 1 aliphatic rings. The SMILES string of the molecule is CC(C)c1csc(C(=O)N2CCN(c3nsc4ccccc34)CC2)n1. The minimum absolute atomic E-state index is 0.0553. The summed E-state index contributed by atoms with van der Waals surface area (Å²) in [6.07, 6.45) is 0. The highest BCUT2D eigenvalue weighted by Crippen LogP contribution is 2.30. The number of fused-ring (bicyclic) bond motifs is 1. The number of aromatic nitrogens is 2. The predicted molar refractivity (Wildman–Crippen MR) is 104 cm³/mol. The molecular weight excluding hydrogens is 352 g/mol. The highest BCUT2D eigenvalue weighted by molar-refractivity contribution is 7.13. The lowest BCUT2D eigenvalue weighted by molar-refractivity contribution is 0.0746. The topological polar surface area (TPSA) is 49.3 Å². The number of thiazole rings is 1. The number of hydrogen-bond acceptors (Lipinski definition) is 6. The molecule has 0 radical (unpaired) electrons. The Labute approximate surface area is 155 Å². The zero-order valence-electron chi connectivity index (χ0n) is 14.3. The second-order valence-electron chi connectivity index (χ2n) is 6.51. The number of carbonyl (C=O) groups excluding carboxylic acids is 1. The molecule has 2 aromatic heterocycles. The molecular formula is C18H20N4OS2. The number of benzene rings is 1. The van der Waals surface area contributed by atoms with E-state index in [1.165, 1.54) is 33.0 Å². The maximum absolute atomic E-state index is 12.7. The molecule has 4 rings (SSSR count). The van der Waals surface area contributed by atoms with Crippen LogP contribution in [-0.2, 0) is 0 Å². The maximum Gasteiger partial charge on any atom is 0.282 e. The van der Waals surface area contributed by atoms with Crippen molar-refractivity contribution in [1.82, 2.24) is 14.3 Å². The third-order valence-electron chi connectivity index (χ3n) is 4.52. The molecule has 0 saturated carbocycles. The van der Waals surface area contributed by atoms with E-state index in [2.05, 4.69) is 46.3 Å². The number of piperazine rings is 1. The van der Waals surface area contributed by atoms with E-state index < -0.39 is 0 Å². The number of carbonyl (C=O) groups is 1. The summed E-state index contributed by atoms with van der Waals surface area (Å²) in [5.41, 5.74) is 1.00. The van der Waals surface area contributed by atoms with Crippen LogP contribution in [0.1, 0.15) is 35.3 Å². The van der Waals surface area contributed by atoms with E-state index in [9.17, 15) is 4.79 Å². The molecule has 1 fully saturated rings. The lowest BCUT2D eigenvalue weighted by atomic mass is 10.2. The van der Waals surface area contributed by atoms with Crippen LogP contribution in [0.5, 0.6) is 0 Å². The van der Waals surface area contributed by atoms with E-state index in [0.717, 1.165) is 24.6 Å². The van der Waals surface area contributed by atoms with Gasteiger partial charge in [0.25, 0.3) is 5.91 Å². The first-order valence-corrected chi connectivity index (χ1v) is 10.1. The second kappa shape index (κ2) is 6.72. The summed E-state index contributed by atoms with van der Waals surface area (Å²) in [6, 6.07) is 8.31. The van der Waals surface area contributed by atoms with Crippen LogP contribution in [0.4, 0.5) is 5.82 Å². The second-order valence-corrected chi connectivity index (χ2v) is 8.18. The van der Waals surface area contributed by atoms with Crippen LogP contribution in [0.15, 0.2) is 29.6 Å². The minimum Gasteiger partial charge on any atom is -0.352 e. The van der Waals surface area contributed by atoms with Crippen molar-refractivity contribution in [3.8, 4) is 0 Å². The number of nitrogens with zero attached hydrogens (tertiary/aromatic N) is 4. The van der Waals surface area contributed by atoms with Crippen molar-refractivity contribution in [1.29, 1.82) is 0 Å². The van der Waals surface area contributed by atoms with Crippen molar-refractivity contribution in [2.75, 3.05) is 31.1 Å². The number of anilines is 1. The quantitative estimate of drug-likeness (QED) is 0.701. The monoisotopic (exact) mass is 372 g/mol. The lowest BCUT2D eigenvalue weighted by Gasteiger charge is -2.34. The highest BCUT2D eigenvalue weighted by atomic mass is 32.1. The van der Waals surface area contributed by atoms with Crippen molar-refractivity contribution in [2.24, 2.45) is 0 Å². The van der Waals surface area contributed by atoms with Gasteiger partial charge in [0.05, 0.1) is 10.4 Å². The van der Waals surface area contributed by atoms with Crippen LogP contribution < -0.4 is 4.90 Å². The standard InChI is InChI=1S/C18H20N4OS2/c1-12(2)14-11-24-17(19-14)18(23)22-9-7-21(8-10-22)16-13-5-3-4-6-15(13)25-20-16/h3-6,11-12H,7-10H2,1-2H3. The Morgan fingerprint density at radius 2 is 1.92 bits per heavy atom. The summed E-state index contributed by atoms with van der Waals surface area (Å²) in [5, 5.41) is 3.81.